The molecule has 1 aliphatic rings. The zero-order valence-electron chi connectivity index (χ0n) is 12.4. The van der Waals surface area contributed by atoms with Crippen molar-refractivity contribution in [2.45, 2.75) is 38.8 Å². The minimum Gasteiger partial charge on any atom is -0.381 e. The molecule has 1 aromatic heterocycles. The molecule has 2 rings (SSSR count). The van der Waals surface area contributed by atoms with Crippen LogP contribution in [0.4, 0.5) is 5.82 Å². The molecule has 0 aliphatic carbocycles. The second-order valence-electron chi connectivity index (χ2n) is 5.25. The summed E-state index contributed by atoms with van der Waals surface area (Å²) < 4.78 is 5.39. The fourth-order valence-electron chi connectivity index (χ4n) is 2.51. The van der Waals surface area contributed by atoms with Gasteiger partial charge in [-0.3, -0.25) is 0 Å². The number of rotatable bonds is 6. The monoisotopic (exact) mass is 297 g/mol. The van der Waals surface area contributed by atoms with E-state index in [1.165, 1.54) is 0 Å². The van der Waals surface area contributed by atoms with Crippen LogP contribution >= 0.6 is 11.6 Å². The van der Waals surface area contributed by atoms with E-state index in [1.807, 2.05) is 12.3 Å². The molecule has 0 amide bonds. The Morgan fingerprint density at radius 3 is 2.80 bits per heavy atom. The average molecular weight is 298 g/mol. The van der Waals surface area contributed by atoms with Crippen LogP contribution in [0.5, 0.6) is 0 Å². The second-order valence-corrected chi connectivity index (χ2v) is 5.66. The average Bonchev–Trinajstić information content (AvgIpc) is 2.48. The molecule has 20 heavy (non-hydrogen) atoms. The molecule has 0 unspecified atom stereocenters. The molecule has 1 N–H and O–H groups in total. The number of halogens is 1. The molecule has 0 spiro atoms. The van der Waals surface area contributed by atoms with Gasteiger partial charge in [-0.25, -0.2) is 4.98 Å². The molecule has 112 valence electrons. The Labute approximate surface area is 126 Å². The highest BCUT2D eigenvalue weighted by Gasteiger charge is 2.21. The van der Waals surface area contributed by atoms with Crippen LogP contribution in [0, 0.1) is 0 Å². The number of nitrogens with one attached hydrogen (secondary N) is 1. The van der Waals surface area contributed by atoms with Crippen molar-refractivity contribution in [1.29, 1.82) is 0 Å². The molecule has 1 aliphatic heterocycles. The normalized spacial score (nSPS) is 16.6. The van der Waals surface area contributed by atoms with Gasteiger partial charge in [0.25, 0.3) is 0 Å². The number of ether oxygens (including phenoxy) is 1. The number of methoxy groups -OCH3 is 1. The Morgan fingerprint density at radius 2 is 2.20 bits per heavy atom. The number of aromatic nitrogens is 1. The summed E-state index contributed by atoms with van der Waals surface area (Å²) in [6, 6.07) is 2.02. The molecule has 0 saturated carbocycles. The van der Waals surface area contributed by atoms with E-state index in [1.54, 1.807) is 7.11 Å². The van der Waals surface area contributed by atoms with E-state index in [9.17, 15) is 0 Å². The van der Waals surface area contributed by atoms with Crippen molar-refractivity contribution < 1.29 is 4.74 Å². The zero-order valence-corrected chi connectivity index (χ0v) is 13.1. The number of hydrogen-bond donors (Lipinski definition) is 1. The van der Waals surface area contributed by atoms with Gasteiger partial charge in [0.15, 0.2) is 0 Å². The van der Waals surface area contributed by atoms with Crippen molar-refractivity contribution in [2.75, 3.05) is 31.6 Å². The van der Waals surface area contributed by atoms with Gasteiger partial charge in [-0.15, -0.1) is 0 Å². The van der Waals surface area contributed by atoms with Crippen LogP contribution in [0.3, 0.4) is 0 Å². The lowest BCUT2D eigenvalue weighted by Crippen LogP contribution is -2.37. The summed E-state index contributed by atoms with van der Waals surface area (Å²) in [4.78, 5) is 6.80. The third kappa shape index (κ3) is 4.08. The number of nitrogens with zero attached hydrogens (tertiary/aromatic N) is 2. The highest BCUT2D eigenvalue weighted by molar-refractivity contribution is 6.33. The minimum absolute atomic E-state index is 0.377. The lowest BCUT2D eigenvalue weighted by atomic mass is 10.1. The SMILES string of the molecule is CCCNCc1cnc(N2CCC(OC)CC2)c(Cl)c1. The van der Waals surface area contributed by atoms with Crippen molar-refractivity contribution in [2.24, 2.45) is 0 Å². The van der Waals surface area contributed by atoms with Gasteiger partial charge in [0.05, 0.1) is 11.1 Å². The molecule has 0 atom stereocenters. The largest absolute Gasteiger partial charge is 0.381 e. The van der Waals surface area contributed by atoms with Crippen LogP contribution in [0.2, 0.25) is 5.02 Å². The quantitative estimate of drug-likeness (QED) is 0.819. The minimum atomic E-state index is 0.377. The van der Waals surface area contributed by atoms with Crippen molar-refractivity contribution in [3.63, 3.8) is 0 Å². The molecule has 1 saturated heterocycles. The molecule has 5 heteroatoms. The van der Waals surface area contributed by atoms with Gasteiger partial charge in [-0.2, -0.15) is 0 Å². The van der Waals surface area contributed by atoms with Gasteiger partial charge in [0, 0.05) is 32.9 Å². The molecular formula is C15H24ClN3O. The fraction of sp³-hybridized carbons (Fsp3) is 0.667. The van der Waals surface area contributed by atoms with Gasteiger partial charge in [0.1, 0.15) is 5.82 Å². The van der Waals surface area contributed by atoms with Gasteiger partial charge < -0.3 is 15.0 Å². The van der Waals surface area contributed by atoms with Gasteiger partial charge in [0.2, 0.25) is 0 Å². The first-order chi connectivity index (χ1) is 9.74. The molecule has 0 bridgehead atoms. The number of pyridine rings is 1. The first-order valence-corrected chi connectivity index (χ1v) is 7.75. The van der Waals surface area contributed by atoms with E-state index in [0.717, 1.165) is 61.8 Å². The van der Waals surface area contributed by atoms with Crippen LogP contribution < -0.4 is 10.2 Å². The Kier molecular flexibility index (Phi) is 6.07. The lowest BCUT2D eigenvalue weighted by Gasteiger charge is -2.32. The van der Waals surface area contributed by atoms with Gasteiger partial charge in [-0.1, -0.05) is 18.5 Å². The molecule has 0 aromatic carbocycles. The summed E-state index contributed by atoms with van der Waals surface area (Å²) in [5.74, 6) is 0.903. The summed E-state index contributed by atoms with van der Waals surface area (Å²) >= 11 is 6.38. The maximum absolute atomic E-state index is 6.38. The molecule has 0 radical (unpaired) electrons. The molecule has 1 aromatic rings. The standard InChI is InChI=1S/C15H24ClN3O/c1-3-6-17-10-12-9-14(16)15(18-11-12)19-7-4-13(20-2)5-8-19/h9,11,13,17H,3-8,10H2,1-2H3. The fourth-order valence-corrected chi connectivity index (χ4v) is 2.82. The Hall–Kier alpha value is -0.840. The van der Waals surface area contributed by atoms with Crippen LogP contribution in [-0.4, -0.2) is 37.8 Å². The summed E-state index contributed by atoms with van der Waals surface area (Å²) in [5, 5.41) is 4.11. The highest BCUT2D eigenvalue weighted by Crippen LogP contribution is 2.27. The molecule has 1 fully saturated rings. The van der Waals surface area contributed by atoms with Crippen molar-refractivity contribution >= 4 is 17.4 Å². The van der Waals surface area contributed by atoms with Crippen molar-refractivity contribution in [3.05, 3.63) is 22.8 Å². The third-order valence-corrected chi connectivity index (χ3v) is 3.99. The molecule has 2 heterocycles. The lowest BCUT2D eigenvalue weighted by molar-refractivity contribution is 0.0818. The number of hydrogen-bond acceptors (Lipinski definition) is 4. The number of piperidine rings is 1. The Balaban J connectivity index is 1.95. The molecule has 4 nitrogen and oxygen atoms in total. The first-order valence-electron chi connectivity index (χ1n) is 7.37. The van der Waals surface area contributed by atoms with E-state index in [-0.39, 0.29) is 0 Å². The summed E-state index contributed by atoms with van der Waals surface area (Å²) in [6.07, 6.45) is 5.50. The van der Waals surface area contributed by atoms with Gasteiger partial charge in [-0.05, 0) is 37.4 Å². The molecular weight excluding hydrogens is 274 g/mol. The maximum Gasteiger partial charge on any atom is 0.147 e. The van der Waals surface area contributed by atoms with Crippen LogP contribution in [0.15, 0.2) is 12.3 Å². The Morgan fingerprint density at radius 1 is 1.45 bits per heavy atom. The van der Waals surface area contributed by atoms with E-state index < -0.39 is 0 Å². The first kappa shape index (κ1) is 15.5. The zero-order chi connectivity index (χ0) is 14.4. The Bertz CT molecular complexity index is 420. The smallest absolute Gasteiger partial charge is 0.147 e. The van der Waals surface area contributed by atoms with Crippen molar-refractivity contribution in [3.8, 4) is 0 Å². The van der Waals surface area contributed by atoms with E-state index in [0.29, 0.717) is 6.10 Å². The predicted molar refractivity (Wildman–Crippen MR) is 83.5 cm³/mol. The van der Waals surface area contributed by atoms with Crippen LogP contribution in [0.1, 0.15) is 31.7 Å². The summed E-state index contributed by atoms with van der Waals surface area (Å²) in [6.45, 7) is 5.92. The van der Waals surface area contributed by atoms with E-state index in [4.69, 9.17) is 16.3 Å². The summed E-state index contributed by atoms with van der Waals surface area (Å²) in [5.41, 5.74) is 1.14. The van der Waals surface area contributed by atoms with Crippen molar-refractivity contribution in [1.82, 2.24) is 10.3 Å². The van der Waals surface area contributed by atoms with Gasteiger partial charge >= 0.3 is 0 Å². The predicted octanol–water partition coefficient (Wildman–Crippen LogP) is 2.85. The topological polar surface area (TPSA) is 37.4 Å². The van der Waals surface area contributed by atoms with Crippen LogP contribution in [-0.2, 0) is 11.3 Å². The number of anilines is 1. The maximum atomic E-state index is 6.38. The van der Waals surface area contributed by atoms with E-state index >= 15 is 0 Å². The highest BCUT2D eigenvalue weighted by atomic mass is 35.5. The van der Waals surface area contributed by atoms with E-state index in [2.05, 4.69) is 22.1 Å². The summed E-state index contributed by atoms with van der Waals surface area (Å²) in [7, 11) is 1.78. The third-order valence-electron chi connectivity index (χ3n) is 3.71. The van der Waals surface area contributed by atoms with Crippen LogP contribution in [0.25, 0.3) is 0 Å². The second kappa shape index (κ2) is 7.81.